The molecule has 3 rings (SSSR count). The first kappa shape index (κ1) is 17.2. The van der Waals surface area contributed by atoms with Crippen molar-refractivity contribution in [3.8, 4) is 0 Å². The molecule has 130 valence electrons. The minimum Gasteiger partial charge on any atom is -0.381 e. The topological polar surface area (TPSA) is 81.4 Å². The van der Waals surface area contributed by atoms with Gasteiger partial charge in [-0.3, -0.25) is 9.59 Å². The largest absolute Gasteiger partial charge is 0.381 e. The van der Waals surface area contributed by atoms with Crippen LogP contribution in [-0.2, 0) is 26.2 Å². The van der Waals surface area contributed by atoms with Crippen LogP contribution in [0, 0.1) is 0 Å². The number of anilines is 1. The molecular formula is C20H22N2O3. The summed E-state index contributed by atoms with van der Waals surface area (Å²) < 4.78 is 5.48. The molecule has 1 aliphatic rings. The Balaban J connectivity index is 1.80. The van der Waals surface area contributed by atoms with Gasteiger partial charge >= 0.3 is 0 Å². The molecule has 0 bridgehead atoms. The molecule has 0 radical (unpaired) electrons. The molecule has 2 aromatic carbocycles. The van der Waals surface area contributed by atoms with Crippen LogP contribution in [0.5, 0.6) is 0 Å². The highest BCUT2D eigenvalue weighted by atomic mass is 16.5. The van der Waals surface area contributed by atoms with Gasteiger partial charge in [-0.1, -0.05) is 42.5 Å². The lowest BCUT2D eigenvalue weighted by atomic mass is 9.73. The van der Waals surface area contributed by atoms with Crippen LogP contribution in [0.1, 0.15) is 24.0 Å². The molecule has 1 aliphatic heterocycles. The van der Waals surface area contributed by atoms with E-state index in [1.54, 1.807) is 24.3 Å². The SMILES string of the molecule is NC(=O)Cc1ccc(NC(=O)C2(c3ccccc3)CCOCC2)cc1. The van der Waals surface area contributed by atoms with Gasteiger partial charge in [0.15, 0.2) is 0 Å². The highest BCUT2D eigenvalue weighted by Crippen LogP contribution is 2.36. The van der Waals surface area contributed by atoms with Gasteiger partial charge in [-0.15, -0.1) is 0 Å². The van der Waals surface area contributed by atoms with Crippen LogP contribution in [0.3, 0.4) is 0 Å². The zero-order valence-corrected chi connectivity index (χ0v) is 14.0. The van der Waals surface area contributed by atoms with Crippen LogP contribution in [-0.4, -0.2) is 25.0 Å². The van der Waals surface area contributed by atoms with Gasteiger partial charge in [0.05, 0.1) is 11.8 Å². The monoisotopic (exact) mass is 338 g/mol. The number of amides is 2. The minimum atomic E-state index is -0.578. The number of primary amides is 1. The van der Waals surface area contributed by atoms with E-state index in [0.717, 1.165) is 11.1 Å². The Morgan fingerprint density at radius 3 is 2.24 bits per heavy atom. The predicted octanol–water partition coefficient (Wildman–Crippen LogP) is 2.40. The van der Waals surface area contributed by atoms with E-state index >= 15 is 0 Å². The number of ether oxygens (including phenoxy) is 1. The molecule has 0 aromatic heterocycles. The molecule has 3 N–H and O–H groups in total. The molecule has 2 amide bonds. The Morgan fingerprint density at radius 1 is 1.00 bits per heavy atom. The average Bonchev–Trinajstić information content (AvgIpc) is 2.64. The Morgan fingerprint density at radius 2 is 1.64 bits per heavy atom. The van der Waals surface area contributed by atoms with Crippen molar-refractivity contribution in [2.45, 2.75) is 24.7 Å². The van der Waals surface area contributed by atoms with E-state index < -0.39 is 5.41 Å². The first-order chi connectivity index (χ1) is 12.1. The van der Waals surface area contributed by atoms with Crippen molar-refractivity contribution in [1.82, 2.24) is 0 Å². The summed E-state index contributed by atoms with van der Waals surface area (Å²) in [6.07, 6.45) is 1.50. The van der Waals surface area contributed by atoms with Gasteiger partial charge in [-0.2, -0.15) is 0 Å². The van der Waals surface area contributed by atoms with Crippen LogP contribution in [0.4, 0.5) is 5.69 Å². The zero-order valence-electron chi connectivity index (χ0n) is 14.0. The minimum absolute atomic E-state index is 0.0235. The van der Waals surface area contributed by atoms with Gasteiger partial charge in [0.1, 0.15) is 0 Å². The standard InChI is InChI=1S/C20H22N2O3/c21-18(23)14-15-6-8-17(9-7-15)22-19(24)20(10-12-25-13-11-20)16-4-2-1-3-5-16/h1-9H,10-14H2,(H2,21,23)(H,22,24). The molecule has 0 aliphatic carbocycles. The summed E-state index contributed by atoms with van der Waals surface area (Å²) in [6.45, 7) is 1.14. The second-order valence-electron chi connectivity index (χ2n) is 6.35. The smallest absolute Gasteiger partial charge is 0.235 e. The number of hydrogen-bond acceptors (Lipinski definition) is 3. The second kappa shape index (κ2) is 7.49. The van der Waals surface area contributed by atoms with E-state index in [4.69, 9.17) is 10.5 Å². The van der Waals surface area contributed by atoms with Gasteiger partial charge in [0.25, 0.3) is 0 Å². The maximum Gasteiger partial charge on any atom is 0.235 e. The Labute approximate surface area is 147 Å². The molecule has 5 heteroatoms. The van der Waals surface area contributed by atoms with Crippen molar-refractivity contribution in [2.75, 3.05) is 18.5 Å². The van der Waals surface area contributed by atoms with Gasteiger partial charge in [0.2, 0.25) is 11.8 Å². The lowest BCUT2D eigenvalue weighted by Crippen LogP contribution is -2.44. The summed E-state index contributed by atoms with van der Waals surface area (Å²) in [5.74, 6) is -0.397. The first-order valence-corrected chi connectivity index (χ1v) is 8.42. The number of rotatable bonds is 5. The molecule has 0 atom stereocenters. The molecule has 0 spiro atoms. The Hall–Kier alpha value is -2.66. The van der Waals surface area contributed by atoms with Crippen LogP contribution < -0.4 is 11.1 Å². The second-order valence-corrected chi connectivity index (χ2v) is 6.35. The van der Waals surface area contributed by atoms with Crippen molar-refractivity contribution >= 4 is 17.5 Å². The molecule has 25 heavy (non-hydrogen) atoms. The summed E-state index contributed by atoms with van der Waals surface area (Å²) in [6, 6.07) is 17.1. The van der Waals surface area contributed by atoms with Crippen LogP contribution in [0.15, 0.2) is 54.6 Å². The first-order valence-electron chi connectivity index (χ1n) is 8.42. The van der Waals surface area contributed by atoms with Crippen LogP contribution in [0.2, 0.25) is 0 Å². The number of carbonyl (C=O) groups excluding carboxylic acids is 2. The fraction of sp³-hybridized carbons (Fsp3) is 0.300. The fourth-order valence-electron chi connectivity index (χ4n) is 3.28. The molecule has 0 unspecified atom stereocenters. The molecule has 5 nitrogen and oxygen atoms in total. The maximum absolute atomic E-state index is 13.1. The van der Waals surface area contributed by atoms with E-state index in [0.29, 0.717) is 31.7 Å². The number of carbonyl (C=O) groups is 2. The van der Waals surface area contributed by atoms with E-state index in [1.807, 2.05) is 30.3 Å². The van der Waals surface area contributed by atoms with E-state index in [-0.39, 0.29) is 18.2 Å². The van der Waals surface area contributed by atoms with Crippen molar-refractivity contribution in [2.24, 2.45) is 5.73 Å². The van der Waals surface area contributed by atoms with E-state index in [9.17, 15) is 9.59 Å². The molecule has 1 heterocycles. The third-order valence-electron chi connectivity index (χ3n) is 4.70. The third kappa shape index (κ3) is 3.88. The van der Waals surface area contributed by atoms with Crippen LogP contribution in [0.25, 0.3) is 0 Å². The summed E-state index contributed by atoms with van der Waals surface area (Å²) >= 11 is 0. The lowest BCUT2D eigenvalue weighted by Gasteiger charge is -2.36. The van der Waals surface area contributed by atoms with Gasteiger partial charge in [-0.25, -0.2) is 0 Å². The zero-order chi connectivity index (χ0) is 17.7. The van der Waals surface area contributed by atoms with Gasteiger partial charge in [0, 0.05) is 18.9 Å². The number of nitrogens with one attached hydrogen (secondary N) is 1. The third-order valence-corrected chi connectivity index (χ3v) is 4.70. The van der Waals surface area contributed by atoms with Crippen molar-refractivity contribution in [3.63, 3.8) is 0 Å². The molecule has 2 aromatic rings. The number of nitrogens with two attached hydrogens (primary N) is 1. The quantitative estimate of drug-likeness (QED) is 0.878. The number of benzene rings is 2. The normalized spacial score (nSPS) is 16.2. The van der Waals surface area contributed by atoms with Gasteiger partial charge in [-0.05, 0) is 36.1 Å². The van der Waals surface area contributed by atoms with Crippen molar-refractivity contribution < 1.29 is 14.3 Å². The summed E-state index contributed by atoms with van der Waals surface area (Å²) in [7, 11) is 0. The van der Waals surface area contributed by atoms with E-state index in [2.05, 4.69) is 5.32 Å². The Bertz CT molecular complexity index is 735. The highest BCUT2D eigenvalue weighted by molar-refractivity contribution is 5.99. The maximum atomic E-state index is 13.1. The molecule has 1 saturated heterocycles. The summed E-state index contributed by atoms with van der Waals surface area (Å²) in [5, 5.41) is 3.02. The Kier molecular flexibility index (Phi) is 5.14. The van der Waals surface area contributed by atoms with Crippen molar-refractivity contribution in [3.05, 3.63) is 65.7 Å². The van der Waals surface area contributed by atoms with Crippen LogP contribution >= 0.6 is 0 Å². The summed E-state index contributed by atoms with van der Waals surface area (Å²) in [4.78, 5) is 24.1. The highest BCUT2D eigenvalue weighted by Gasteiger charge is 2.41. The molecular weight excluding hydrogens is 316 g/mol. The predicted molar refractivity (Wildman–Crippen MR) is 96.1 cm³/mol. The van der Waals surface area contributed by atoms with E-state index in [1.165, 1.54) is 0 Å². The van der Waals surface area contributed by atoms with Crippen molar-refractivity contribution in [1.29, 1.82) is 0 Å². The molecule has 0 saturated carbocycles. The average molecular weight is 338 g/mol. The number of hydrogen-bond donors (Lipinski definition) is 2. The fourth-order valence-corrected chi connectivity index (χ4v) is 3.28. The lowest BCUT2D eigenvalue weighted by molar-refractivity contribution is -0.125. The summed E-state index contributed by atoms with van der Waals surface area (Å²) in [5.41, 5.74) is 7.18. The van der Waals surface area contributed by atoms with Gasteiger partial charge < -0.3 is 15.8 Å². The molecule has 1 fully saturated rings.